The van der Waals surface area contributed by atoms with Gasteiger partial charge in [0, 0.05) is 12.6 Å². The number of rotatable bonds is 3. The predicted molar refractivity (Wildman–Crippen MR) is 48.7 cm³/mol. The summed E-state index contributed by atoms with van der Waals surface area (Å²) in [5, 5.41) is 3.54. The highest BCUT2D eigenvalue weighted by atomic mass is 15.1. The molecule has 0 aliphatic carbocycles. The van der Waals surface area contributed by atoms with Gasteiger partial charge in [0.25, 0.3) is 0 Å². The third-order valence-corrected chi connectivity index (χ3v) is 2.53. The van der Waals surface area contributed by atoms with Crippen LogP contribution in [0, 0.1) is 5.92 Å². The first kappa shape index (κ1) is 9.01. The van der Waals surface area contributed by atoms with E-state index in [0.717, 1.165) is 12.0 Å². The van der Waals surface area contributed by atoms with E-state index in [2.05, 4.69) is 31.2 Å². The van der Waals surface area contributed by atoms with E-state index in [4.69, 9.17) is 0 Å². The Balaban J connectivity index is 2.31. The molecule has 1 N–H and O–H groups in total. The van der Waals surface area contributed by atoms with Crippen molar-refractivity contribution in [3.63, 3.8) is 0 Å². The Kier molecular flexibility index (Phi) is 3.34. The molecule has 2 atom stereocenters. The first-order valence-electron chi connectivity index (χ1n) is 4.62. The molecule has 2 unspecified atom stereocenters. The van der Waals surface area contributed by atoms with Gasteiger partial charge in [0.05, 0.1) is 0 Å². The van der Waals surface area contributed by atoms with Crippen LogP contribution in [0.3, 0.4) is 0 Å². The minimum Gasteiger partial charge on any atom is -0.314 e. The molecule has 0 amide bonds. The maximum Gasteiger partial charge on any atom is 0.0105 e. The van der Waals surface area contributed by atoms with Gasteiger partial charge in [-0.05, 0) is 39.4 Å². The lowest BCUT2D eigenvalue weighted by molar-refractivity contribution is 0.299. The fourth-order valence-electron chi connectivity index (χ4n) is 1.99. The summed E-state index contributed by atoms with van der Waals surface area (Å²) in [7, 11) is 4.32. The number of hydrogen-bond acceptors (Lipinski definition) is 2. The van der Waals surface area contributed by atoms with Crippen LogP contribution in [0.15, 0.2) is 0 Å². The lowest BCUT2D eigenvalue weighted by atomic mass is 9.98. The highest BCUT2D eigenvalue weighted by Crippen LogP contribution is 2.18. The molecule has 0 spiro atoms. The van der Waals surface area contributed by atoms with E-state index in [9.17, 15) is 0 Å². The highest BCUT2D eigenvalue weighted by Gasteiger charge is 2.24. The van der Waals surface area contributed by atoms with Crippen molar-refractivity contribution in [2.24, 2.45) is 5.92 Å². The number of nitrogens with one attached hydrogen (secondary N) is 1. The zero-order valence-electron chi connectivity index (χ0n) is 7.93. The quantitative estimate of drug-likeness (QED) is 0.654. The smallest absolute Gasteiger partial charge is 0.0105 e. The summed E-state index contributed by atoms with van der Waals surface area (Å²) in [6.45, 7) is 4.73. The Labute approximate surface area is 70.0 Å². The molecule has 2 nitrogen and oxygen atoms in total. The summed E-state index contributed by atoms with van der Waals surface area (Å²) in [5.74, 6) is 0.884. The van der Waals surface area contributed by atoms with Crippen LogP contribution in [0.25, 0.3) is 0 Å². The number of nitrogens with zero attached hydrogens (tertiary/aromatic N) is 1. The SMILES string of the molecule is CCC1NCCC1CN(C)C. The van der Waals surface area contributed by atoms with Gasteiger partial charge in [0.15, 0.2) is 0 Å². The molecule has 0 aromatic carbocycles. The second-order valence-electron chi connectivity index (χ2n) is 3.78. The maximum atomic E-state index is 3.54. The summed E-state index contributed by atoms with van der Waals surface area (Å²) in [4.78, 5) is 2.29. The summed E-state index contributed by atoms with van der Waals surface area (Å²) in [5.41, 5.74) is 0. The largest absolute Gasteiger partial charge is 0.314 e. The Morgan fingerprint density at radius 1 is 1.45 bits per heavy atom. The monoisotopic (exact) mass is 156 g/mol. The molecule has 1 aliphatic heterocycles. The van der Waals surface area contributed by atoms with E-state index < -0.39 is 0 Å². The van der Waals surface area contributed by atoms with Crippen molar-refractivity contribution in [2.75, 3.05) is 27.2 Å². The third kappa shape index (κ3) is 2.46. The summed E-state index contributed by atoms with van der Waals surface area (Å²) in [6, 6.07) is 0.775. The first-order valence-corrected chi connectivity index (χ1v) is 4.62. The van der Waals surface area contributed by atoms with Gasteiger partial charge in [-0.3, -0.25) is 0 Å². The molecule has 1 rings (SSSR count). The molecule has 0 aromatic rings. The van der Waals surface area contributed by atoms with Crippen LogP contribution in [0.5, 0.6) is 0 Å². The van der Waals surface area contributed by atoms with Crippen molar-refractivity contribution in [3.05, 3.63) is 0 Å². The Bertz CT molecular complexity index is 112. The van der Waals surface area contributed by atoms with Crippen LogP contribution in [-0.4, -0.2) is 38.1 Å². The standard InChI is InChI=1S/C9H20N2/c1-4-9-8(5-6-10-9)7-11(2)3/h8-10H,4-7H2,1-3H3. The fraction of sp³-hybridized carbons (Fsp3) is 1.00. The van der Waals surface area contributed by atoms with E-state index in [0.29, 0.717) is 0 Å². The molecule has 0 saturated carbocycles. The molecule has 11 heavy (non-hydrogen) atoms. The van der Waals surface area contributed by atoms with Crippen molar-refractivity contribution in [1.29, 1.82) is 0 Å². The Morgan fingerprint density at radius 2 is 2.18 bits per heavy atom. The van der Waals surface area contributed by atoms with E-state index in [1.807, 2.05) is 0 Å². The molecular weight excluding hydrogens is 136 g/mol. The lowest BCUT2D eigenvalue weighted by Gasteiger charge is -2.21. The van der Waals surface area contributed by atoms with E-state index in [-0.39, 0.29) is 0 Å². The van der Waals surface area contributed by atoms with Crippen LogP contribution < -0.4 is 5.32 Å². The zero-order chi connectivity index (χ0) is 8.27. The average Bonchev–Trinajstić information content (AvgIpc) is 2.34. The predicted octanol–water partition coefficient (Wildman–Crippen LogP) is 0.936. The van der Waals surface area contributed by atoms with Crippen molar-refractivity contribution in [3.8, 4) is 0 Å². The minimum atomic E-state index is 0.775. The topological polar surface area (TPSA) is 15.3 Å². The second kappa shape index (κ2) is 4.07. The van der Waals surface area contributed by atoms with Crippen molar-refractivity contribution < 1.29 is 0 Å². The second-order valence-corrected chi connectivity index (χ2v) is 3.78. The van der Waals surface area contributed by atoms with Crippen molar-refractivity contribution in [1.82, 2.24) is 10.2 Å². The van der Waals surface area contributed by atoms with Gasteiger partial charge in [0.2, 0.25) is 0 Å². The highest BCUT2D eigenvalue weighted by molar-refractivity contribution is 4.83. The molecule has 1 heterocycles. The molecule has 0 aromatic heterocycles. The van der Waals surface area contributed by atoms with Gasteiger partial charge in [-0.25, -0.2) is 0 Å². The van der Waals surface area contributed by atoms with Crippen LogP contribution in [0.4, 0.5) is 0 Å². The van der Waals surface area contributed by atoms with E-state index in [1.54, 1.807) is 0 Å². The van der Waals surface area contributed by atoms with Crippen LogP contribution in [0.1, 0.15) is 19.8 Å². The van der Waals surface area contributed by atoms with Gasteiger partial charge in [0.1, 0.15) is 0 Å². The summed E-state index contributed by atoms with van der Waals surface area (Å²) < 4.78 is 0. The Hall–Kier alpha value is -0.0800. The molecule has 1 aliphatic rings. The minimum absolute atomic E-state index is 0.775. The fourth-order valence-corrected chi connectivity index (χ4v) is 1.99. The van der Waals surface area contributed by atoms with Crippen LogP contribution in [-0.2, 0) is 0 Å². The van der Waals surface area contributed by atoms with Gasteiger partial charge < -0.3 is 10.2 Å². The van der Waals surface area contributed by atoms with Crippen LogP contribution in [0.2, 0.25) is 0 Å². The molecule has 66 valence electrons. The van der Waals surface area contributed by atoms with Gasteiger partial charge in [-0.2, -0.15) is 0 Å². The van der Waals surface area contributed by atoms with Gasteiger partial charge >= 0.3 is 0 Å². The van der Waals surface area contributed by atoms with Crippen molar-refractivity contribution in [2.45, 2.75) is 25.8 Å². The van der Waals surface area contributed by atoms with Gasteiger partial charge in [-0.1, -0.05) is 6.92 Å². The average molecular weight is 156 g/mol. The normalized spacial score (nSPS) is 31.6. The van der Waals surface area contributed by atoms with Crippen LogP contribution >= 0.6 is 0 Å². The first-order chi connectivity index (χ1) is 5.24. The molecule has 1 saturated heterocycles. The van der Waals surface area contributed by atoms with E-state index in [1.165, 1.54) is 25.9 Å². The maximum absolute atomic E-state index is 3.54. The molecule has 0 bridgehead atoms. The third-order valence-electron chi connectivity index (χ3n) is 2.53. The number of hydrogen-bond donors (Lipinski definition) is 1. The molecule has 2 heteroatoms. The summed E-state index contributed by atoms with van der Waals surface area (Å²) in [6.07, 6.45) is 2.63. The molecule has 1 fully saturated rings. The lowest BCUT2D eigenvalue weighted by Crippen LogP contribution is -2.32. The molecular formula is C9H20N2. The van der Waals surface area contributed by atoms with Gasteiger partial charge in [-0.15, -0.1) is 0 Å². The Morgan fingerprint density at radius 3 is 2.73 bits per heavy atom. The van der Waals surface area contributed by atoms with E-state index >= 15 is 0 Å². The summed E-state index contributed by atoms with van der Waals surface area (Å²) >= 11 is 0. The molecule has 0 radical (unpaired) electrons. The zero-order valence-corrected chi connectivity index (χ0v) is 7.93. The van der Waals surface area contributed by atoms with Crippen molar-refractivity contribution >= 4 is 0 Å².